The lowest BCUT2D eigenvalue weighted by Gasteiger charge is -2.34. The molecule has 0 bridgehead atoms. The summed E-state index contributed by atoms with van der Waals surface area (Å²) in [5.41, 5.74) is 0.677. The molecule has 4 heteroatoms. The first-order chi connectivity index (χ1) is 10.2. The number of nitrogens with zero attached hydrogens (tertiary/aromatic N) is 1. The molecule has 0 spiro atoms. The van der Waals surface area contributed by atoms with Crippen molar-refractivity contribution in [1.29, 1.82) is 0 Å². The van der Waals surface area contributed by atoms with E-state index in [0.717, 1.165) is 26.2 Å². The second-order valence-corrected chi connectivity index (χ2v) is 5.81. The molecule has 1 aromatic rings. The van der Waals surface area contributed by atoms with Crippen LogP contribution in [0.2, 0.25) is 0 Å². The molecule has 0 amide bonds. The smallest absolute Gasteiger partial charge is 0.131 e. The first kappa shape index (κ1) is 16.2. The number of hydrogen-bond acceptors (Lipinski definition) is 3. The van der Waals surface area contributed by atoms with Gasteiger partial charge in [-0.1, -0.05) is 13.0 Å². The molecule has 3 nitrogen and oxygen atoms in total. The Kier molecular flexibility index (Phi) is 6.00. The van der Waals surface area contributed by atoms with Crippen LogP contribution in [-0.2, 0) is 0 Å². The summed E-state index contributed by atoms with van der Waals surface area (Å²) in [5, 5.41) is 3.40. The zero-order chi connectivity index (χ0) is 15.2. The fraction of sp³-hybridized carbons (Fsp3) is 0.647. The van der Waals surface area contributed by atoms with Gasteiger partial charge in [-0.25, -0.2) is 4.39 Å². The Morgan fingerprint density at radius 3 is 2.71 bits per heavy atom. The number of rotatable bonds is 6. The predicted molar refractivity (Wildman–Crippen MR) is 84.2 cm³/mol. The highest BCUT2D eigenvalue weighted by atomic mass is 19.1. The van der Waals surface area contributed by atoms with E-state index in [4.69, 9.17) is 4.74 Å². The van der Waals surface area contributed by atoms with Crippen LogP contribution in [-0.4, -0.2) is 38.2 Å². The van der Waals surface area contributed by atoms with Crippen molar-refractivity contribution >= 4 is 0 Å². The van der Waals surface area contributed by atoms with E-state index in [0.29, 0.717) is 17.2 Å². The Hall–Kier alpha value is -1.13. The molecule has 1 N–H and O–H groups in total. The van der Waals surface area contributed by atoms with E-state index in [9.17, 15) is 4.39 Å². The molecule has 1 heterocycles. The molecular weight excluding hydrogens is 267 g/mol. The lowest BCUT2D eigenvalue weighted by Crippen LogP contribution is -2.37. The number of halogens is 1. The van der Waals surface area contributed by atoms with Gasteiger partial charge in [0.15, 0.2) is 0 Å². The van der Waals surface area contributed by atoms with Gasteiger partial charge in [-0.2, -0.15) is 0 Å². The molecule has 0 aromatic heterocycles. The molecule has 0 radical (unpaired) electrons. The number of benzene rings is 1. The van der Waals surface area contributed by atoms with Crippen molar-refractivity contribution in [3.8, 4) is 5.75 Å². The van der Waals surface area contributed by atoms with Gasteiger partial charge in [0.2, 0.25) is 0 Å². The minimum absolute atomic E-state index is 0.0287. The minimum Gasteiger partial charge on any atom is -0.496 e. The van der Waals surface area contributed by atoms with Crippen molar-refractivity contribution in [3.05, 3.63) is 29.6 Å². The van der Waals surface area contributed by atoms with Crippen LogP contribution >= 0.6 is 0 Å². The molecule has 2 rings (SSSR count). The lowest BCUT2D eigenvalue weighted by atomic mass is 9.95. The summed E-state index contributed by atoms with van der Waals surface area (Å²) < 4.78 is 19.6. The first-order valence-electron chi connectivity index (χ1n) is 7.94. The number of methoxy groups -OCH3 is 1. The SMILES string of the molecule is CCN(CC1CCNCC1)C(C)c1c(F)cccc1OC. The molecule has 1 fully saturated rings. The van der Waals surface area contributed by atoms with E-state index in [1.165, 1.54) is 18.9 Å². The topological polar surface area (TPSA) is 24.5 Å². The average molecular weight is 294 g/mol. The van der Waals surface area contributed by atoms with Gasteiger partial charge in [0.1, 0.15) is 11.6 Å². The van der Waals surface area contributed by atoms with Gasteiger partial charge in [0, 0.05) is 18.2 Å². The minimum atomic E-state index is -0.175. The zero-order valence-corrected chi connectivity index (χ0v) is 13.4. The highest BCUT2D eigenvalue weighted by molar-refractivity contribution is 5.37. The van der Waals surface area contributed by atoms with Crippen molar-refractivity contribution in [2.45, 2.75) is 32.7 Å². The summed E-state index contributed by atoms with van der Waals surface area (Å²) in [6.07, 6.45) is 2.41. The number of hydrogen-bond donors (Lipinski definition) is 1. The number of nitrogens with one attached hydrogen (secondary N) is 1. The van der Waals surface area contributed by atoms with Crippen LogP contribution < -0.4 is 10.1 Å². The van der Waals surface area contributed by atoms with E-state index >= 15 is 0 Å². The summed E-state index contributed by atoms with van der Waals surface area (Å²) in [7, 11) is 1.61. The van der Waals surface area contributed by atoms with Crippen LogP contribution in [0.4, 0.5) is 4.39 Å². The lowest BCUT2D eigenvalue weighted by molar-refractivity contribution is 0.164. The van der Waals surface area contributed by atoms with Crippen molar-refractivity contribution in [1.82, 2.24) is 10.2 Å². The van der Waals surface area contributed by atoms with Crippen molar-refractivity contribution < 1.29 is 9.13 Å². The van der Waals surface area contributed by atoms with Crippen LogP contribution in [0.15, 0.2) is 18.2 Å². The van der Waals surface area contributed by atoms with Crippen LogP contribution in [0.1, 0.15) is 38.3 Å². The van der Waals surface area contributed by atoms with Gasteiger partial charge in [-0.15, -0.1) is 0 Å². The third kappa shape index (κ3) is 3.95. The summed E-state index contributed by atoms with van der Waals surface area (Å²) in [6.45, 7) is 8.36. The standard InChI is InChI=1S/C17H27FN2O/c1-4-20(12-14-8-10-19-11-9-14)13(2)17-15(18)6-5-7-16(17)21-3/h5-7,13-14,19H,4,8-12H2,1-3H3. The molecule has 1 saturated heterocycles. The molecule has 1 atom stereocenters. The molecule has 1 unspecified atom stereocenters. The third-order valence-electron chi connectivity index (χ3n) is 4.56. The largest absolute Gasteiger partial charge is 0.496 e. The van der Waals surface area contributed by atoms with E-state index < -0.39 is 0 Å². The van der Waals surface area contributed by atoms with Gasteiger partial charge in [0.05, 0.1) is 7.11 Å². The number of piperidine rings is 1. The fourth-order valence-electron chi connectivity index (χ4n) is 3.24. The Morgan fingerprint density at radius 1 is 1.38 bits per heavy atom. The fourth-order valence-corrected chi connectivity index (χ4v) is 3.24. The number of ether oxygens (including phenoxy) is 1. The second-order valence-electron chi connectivity index (χ2n) is 5.81. The molecule has 118 valence electrons. The first-order valence-corrected chi connectivity index (χ1v) is 7.94. The molecule has 0 saturated carbocycles. The predicted octanol–water partition coefficient (Wildman–Crippen LogP) is 3.22. The Balaban J connectivity index is 2.13. The third-order valence-corrected chi connectivity index (χ3v) is 4.56. The highest BCUT2D eigenvalue weighted by Crippen LogP contribution is 2.32. The van der Waals surface area contributed by atoms with Gasteiger partial charge in [-0.3, -0.25) is 4.90 Å². The maximum atomic E-state index is 14.2. The van der Waals surface area contributed by atoms with Crippen molar-refractivity contribution in [2.24, 2.45) is 5.92 Å². The maximum Gasteiger partial charge on any atom is 0.131 e. The average Bonchev–Trinajstić information content (AvgIpc) is 2.52. The molecule has 1 aliphatic heterocycles. The van der Waals surface area contributed by atoms with Gasteiger partial charge in [-0.05, 0) is 57.5 Å². The quantitative estimate of drug-likeness (QED) is 0.872. The zero-order valence-electron chi connectivity index (χ0n) is 13.4. The van der Waals surface area contributed by atoms with E-state index in [1.54, 1.807) is 13.2 Å². The van der Waals surface area contributed by atoms with Crippen molar-refractivity contribution in [2.75, 3.05) is 33.3 Å². The Bertz CT molecular complexity index is 446. The maximum absolute atomic E-state index is 14.2. The molecule has 21 heavy (non-hydrogen) atoms. The summed E-state index contributed by atoms with van der Waals surface area (Å²) in [4.78, 5) is 2.36. The van der Waals surface area contributed by atoms with Gasteiger partial charge >= 0.3 is 0 Å². The van der Waals surface area contributed by atoms with Crippen LogP contribution in [0.25, 0.3) is 0 Å². The van der Waals surface area contributed by atoms with E-state index in [-0.39, 0.29) is 11.9 Å². The Labute approximate surface area is 127 Å². The van der Waals surface area contributed by atoms with Gasteiger partial charge in [0.25, 0.3) is 0 Å². The molecular formula is C17H27FN2O. The van der Waals surface area contributed by atoms with Crippen molar-refractivity contribution in [3.63, 3.8) is 0 Å². The van der Waals surface area contributed by atoms with Gasteiger partial charge < -0.3 is 10.1 Å². The van der Waals surface area contributed by atoms with Crippen LogP contribution in [0.5, 0.6) is 5.75 Å². The highest BCUT2D eigenvalue weighted by Gasteiger charge is 2.24. The summed E-state index contributed by atoms with van der Waals surface area (Å²) >= 11 is 0. The molecule has 0 aliphatic carbocycles. The summed E-state index contributed by atoms with van der Waals surface area (Å²) in [5.74, 6) is 1.17. The second kappa shape index (κ2) is 7.76. The summed E-state index contributed by atoms with van der Waals surface area (Å²) in [6, 6.07) is 5.09. The monoisotopic (exact) mass is 294 g/mol. The Morgan fingerprint density at radius 2 is 2.10 bits per heavy atom. The van der Waals surface area contributed by atoms with Crippen LogP contribution in [0, 0.1) is 11.7 Å². The van der Waals surface area contributed by atoms with E-state index in [1.807, 2.05) is 6.07 Å². The normalized spacial score (nSPS) is 18.0. The van der Waals surface area contributed by atoms with Crippen LogP contribution in [0.3, 0.4) is 0 Å². The van der Waals surface area contributed by atoms with E-state index in [2.05, 4.69) is 24.1 Å². The molecule has 1 aliphatic rings. The molecule has 1 aromatic carbocycles.